The Bertz CT molecular complexity index is 741. The van der Waals surface area contributed by atoms with Gasteiger partial charge in [-0.15, -0.1) is 4.37 Å². The van der Waals surface area contributed by atoms with E-state index in [2.05, 4.69) is 9.36 Å². The van der Waals surface area contributed by atoms with Crippen LogP contribution in [-0.4, -0.2) is 31.7 Å². The highest BCUT2D eigenvalue weighted by Crippen LogP contribution is 2.33. The van der Waals surface area contributed by atoms with Gasteiger partial charge in [0.2, 0.25) is 21.0 Å². The SMILES string of the molecule is COc1nsc(S(=O)(=O)Cc2ccc3c(c2)OCO3)n1. The number of aromatic nitrogens is 2. The van der Waals surface area contributed by atoms with Gasteiger partial charge in [0.25, 0.3) is 0 Å². The minimum Gasteiger partial charge on any atom is -0.466 e. The highest BCUT2D eigenvalue weighted by Gasteiger charge is 2.23. The van der Waals surface area contributed by atoms with Crippen molar-refractivity contribution < 1.29 is 22.6 Å². The average Bonchev–Trinajstić information content (AvgIpc) is 3.06. The molecule has 106 valence electrons. The summed E-state index contributed by atoms with van der Waals surface area (Å²) in [5.41, 5.74) is 0.600. The smallest absolute Gasteiger partial charge is 0.329 e. The number of nitrogens with zero attached hydrogens (tertiary/aromatic N) is 2. The van der Waals surface area contributed by atoms with Crippen molar-refractivity contribution >= 4 is 21.4 Å². The molecule has 0 fully saturated rings. The molecule has 3 rings (SSSR count). The third-order valence-electron chi connectivity index (χ3n) is 2.63. The summed E-state index contributed by atoms with van der Waals surface area (Å²) >= 11 is 0.796. The second-order valence-corrected chi connectivity index (χ2v) is 6.91. The van der Waals surface area contributed by atoms with Gasteiger partial charge in [-0.05, 0) is 17.7 Å². The van der Waals surface area contributed by atoms with Gasteiger partial charge < -0.3 is 14.2 Å². The number of benzene rings is 1. The fourth-order valence-corrected chi connectivity index (χ4v) is 3.81. The van der Waals surface area contributed by atoms with E-state index in [1.807, 2.05) is 0 Å². The maximum atomic E-state index is 12.2. The van der Waals surface area contributed by atoms with Gasteiger partial charge in [0.1, 0.15) is 0 Å². The molecule has 0 radical (unpaired) electrons. The Hall–Kier alpha value is -1.87. The van der Waals surface area contributed by atoms with Crippen molar-refractivity contribution in [3.05, 3.63) is 23.8 Å². The molecular weight excluding hydrogens is 304 g/mol. The Morgan fingerprint density at radius 3 is 2.90 bits per heavy atom. The predicted molar refractivity (Wildman–Crippen MR) is 69.9 cm³/mol. The van der Waals surface area contributed by atoms with Crippen LogP contribution < -0.4 is 14.2 Å². The highest BCUT2D eigenvalue weighted by atomic mass is 32.2. The Kier molecular flexibility index (Phi) is 3.22. The molecule has 2 heterocycles. The Morgan fingerprint density at radius 2 is 2.15 bits per heavy atom. The summed E-state index contributed by atoms with van der Waals surface area (Å²) in [6, 6.07) is 5.08. The Labute approximate surface area is 119 Å². The lowest BCUT2D eigenvalue weighted by Crippen LogP contribution is -2.04. The quantitative estimate of drug-likeness (QED) is 0.839. The fraction of sp³-hybridized carbons (Fsp3) is 0.273. The van der Waals surface area contributed by atoms with Crippen LogP contribution in [0.15, 0.2) is 22.5 Å². The summed E-state index contributed by atoms with van der Waals surface area (Å²) in [5, 5.41) is 0. The largest absolute Gasteiger partial charge is 0.466 e. The van der Waals surface area contributed by atoms with Crippen molar-refractivity contribution in [2.45, 2.75) is 10.1 Å². The Balaban J connectivity index is 1.86. The number of hydrogen-bond acceptors (Lipinski definition) is 8. The molecule has 0 spiro atoms. The van der Waals surface area contributed by atoms with Gasteiger partial charge in [0, 0.05) is 11.5 Å². The minimum absolute atomic E-state index is 0.0549. The first-order valence-corrected chi connectivity index (χ1v) is 8.00. The van der Waals surface area contributed by atoms with E-state index < -0.39 is 9.84 Å². The monoisotopic (exact) mass is 314 g/mol. The van der Waals surface area contributed by atoms with Gasteiger partial charge >= 0.3 is 6.01 Å². The van der Waals surface area contributed by atoms with Crippen LogP contribution in [0.3, 0.4) is 0 Å². The molecule has 0 saturated carbocycles. The lowest BCUT2D eigenvalue weighted by Gasteiger charge is -2.02. The second kappa shape index (κ2) is 4.91. The Morgan fingerprint density at radius 1 is 1.35 bits per heavy atom. The zero-order valence-corrected chi connectivity index (χ0v) is 12.0. The van der Waals surface area contributed by atoms with Crippen LogP contribution >= 0.6 is 11.5 Å². The first-order valence-electron chi connectivity index (χ1n) is 5.57. The summed E-state index contributed by atoms with van der Waals surface area (Å²) < 4.78 is 43.3. The van der Waals surface area contributed by atoms with E-state index in [0.29, 0.717) is 17.1 Å². The molecule has 1 aliphatic heterocycles. The molecule has 7 nitrogen and oxygen atoms in total. The van der Waals surface area contributed by atoms with Crippen molar-refractivity contribution in [3.8, 4) is 17.5 Å². The minimum atomic E-state index is -3.55. The molecule has 1 aromatic carbocycles. The van der Waals surface area contributed by atoms with Gasteiger partial charge in [-0.3, -0.25) is 0 Å². The van der Waals surface area contributed by atoms with Crippen LogP contribution in [0.4, 0.5) is 0 Å². The number of rotatable bonds is 4. The van der Waals surface area contributed by atoms with E-state index in [-0.39, 0.29) is 22.9 Å². The molecule has 0 aliphatic carbocycles. The fourth-order valence-electron chi connectivity index (χ4n) is 1.72. The maximum absolute atomic E-state index is 12.2. The molecular formula is C11H10N2O5S2. The number of methoxy groups -OCH3 is 1. The molecule has 20 heavy (non-hydrogen) atoms. The maximum Gasteiger partial charge on any atom is 0.329 e. The molecule has 0 N–H and O–H groups in total. The zero-order chi connectivity index (χ0) is 14.2. The van der Waals surface area contributed by atoms with E-state index >= 15 is 0 Å². The third-order valence-corrected chi connectivity index (χ3v) is 5.45. The number of sulfone groups is 1. The van der Waals surface area contributed by atoms with Crippen molar-refractivity contribution in [1.82, 2.24) is 9.36 Å². The molecule has 0 amide bonds. The summed E-state index contributed by atoms with van der Waals surface area (Å²) in [6.07, 6.45) is 0. The molecule has 0 atom stereocenters. The van der Waals surface area contributed by atoms with Crippen molar-refractivity contribution in [1.29, 1.82) is 0 Å². The van der Waals surface area contributed by atoms with Crippen molar-refractivity contribution in [3.63, 3.8) is 0 Å². The summed E-state index contributed by atoms with van der Waals surface area (Å²) in [5.74, 6) is 0.985. The van der Waals surface area contributed by atoms with Gasteiger partial charge in [0.15, 0.2) is 11.5 Å². The second-order valence-electron chi connectivity index (χ2n) is 3.99. The van der Waals surface area contributed by atoms with E-state index in [9.17, 15) is 8.42 Å². The molecule has 0 unspecified atom stereocenters. The van der Waals surface area contributed by atoms with Crippen molar-refractivity contribution in [2.75, 3.05) is 13.9 Å². The number of hydrogen-bond donors (Lipinski definition) is 0. The molecule has 2 aromatic rings. The summed E-state index contributed by atoms with van der Waals surface area (Å²) in [7, 11) is -2.17. The number of ether oxygens (including phenoxy) is 3. The topological polar surface area (TPSA) is 87.6 Å². The van der Waals surface area contributed by atoms with E-state index in [4.69, 9.17) is 14.2 Å². The van der Waals surface area contributed by atoms with E-state index in [1.165, 1.54) is 7.11 Å². The van der Waals surface area contributed by atoms with Gasteiger partial charge in [-0.2, -0.15) is 4.98 Å². The predicted octanol–water partition coefficient (Wildman–Crippen LogP) is 1.25. The molecule has 9 heteroatoms. The first-order chi connectivity index (χ1) is 9.58. The van der Waals surface area contributed by atoms with Gasteiger partial charge in [-0.25, -0.2) is 8.42 Å². The zero-order valence-electron chi connectivity index (χ0n) is 10.4. The van der Waals surface area contributed by atoms with E-state index in [1.54, 1.807) is 18.2 Å². The molecule has 1 aliphatic rings. The van der Waals surface area contributed by atoms with Gasteiger partial charge in [-0.1, -0.05) is 6.07 Å². The summed E-state index contributed by atoms with van der Waals surface area (Å²) in [6.45, 7) is 0.152. The lowest BCUT2D eigenvalue weighted by atomic mass is 10.2. The van der Waals surface area contributed by atoms with Crippen LogP contribution in [0.5, 0.6) is 17.5 Å². The van der Waals surface area contributed by atoms with Crippen molar-refractivity contribution in [2.24, 2.45) is 0 Å². The first kappa shape index (κ1) is 13.1. The molecule has 0 bridgehead atoms. The molecule has 0 saturated heterocycles. The average molecular weight is 314 g/mol. The number of fused-ring (bicyclic) bond motifs is 1. The van der Waals surface area contributed by atoms with Gasteiger partial charge in [0.05, 0.1) is 12.9 Å². The van der Waals surface area contributed by atoms with Crippen LogP contribution in [0.1, 0.15) is 5.56 Å². The van der Waals surface area contributed by atoms with Crippen LogP contribution in [-0.2, 0) is 15.6 Å². The normalized spacial score (nSPS) is 13.4. The van der Waals surface area contributed by atoms with Crippen LogP contribution in [0.2, 0.25) is 0 Å². The van der Waals surface area contributed by atoms with Crippen LogP contribution in [0.25, 0.3) is 0 Å². The van der Waals surface area contributed by atoms with Crippen LogP contribution in [0, 0.1) is 0 Å². The van der Waals surface area contributed by atoms with E-state index in [0.717, 1.165) is 11.5 Å². The lowest BCUT2D eigenvalue weighted by molar-refractivity contribution is 0.174. The third kappa shape index (κ3) is 2.41. The molecule has 1 aromatic heterocycles. The standard InChI is InChI=1S/C11H10N2O5S2/c1-16-10-12-11(19-13-10)20(14,15)5-7-2-3-8-9(4-7)18-6-17-8/h2-4H,5-6H2,1H3. The summed E-state index contributed by atoms with van der Waals surface area (Å²) in [4.78, 5) is 3.81. The highest BCUT2D eigenvalue weighted by molar-refractivity contribution is 7.92.